The van der Waals surface area contributed by atoms with Gasteiger partial charge in [-0.25, -0.2) is 18.2 Å². The summed E-state index contributed by atoms with van der Waals surface area (Å²) in [6.07, 6.45) is 5.52. The largest absolute Gasteiger partial charge is 0.466 e. The Morgan fingerprint density at radius 1 is 0.956 bits per heavy atom. The molecule has 0 bridgehead atoms. The van der Waals surface area contributed by atoms with E-state index in [2.05, 4.69) is 10.3 Å². The number of amides is 2. The number of aromatic nitrogens is 1. The maximum atomic E-state index is 13.8. The SMILES string of the molecule is Nc1ccc(/C=C/C(=O)NCc2occ3cc(-c4ccc(C(=O)N5CCC(F)(F)CC5)cc4)cc(-c4ccc(F)cc4)c23)cn1. The molecule has 228 valence electrons. The molecule has 6 rings (SSSR count). The number of piperidine rings is 1. The van der Waals surface area contributed by atoms with Crippen LogP contribution in [0.2, 0.25) is 0 Å². The monoisotopic (exact) mass is 610 g/mol. The van der Waals surface area contributed by atoms with Crippen molar-refractivity contribution in [2.75, 3.05) is 18.8 Å². The summed E-state index contributed by atoms with van der Waals surface area (Å²) in [5.74, 6) is -2.79. The van der Waals surface area contributed by atoms with Crippen molar-refractivity contribution in [1.82, 2.24) is 15.2 Å². The van der Waals surface area contributed by atoms with Gasteiger partial charge in [0.2, 0.25) is 5.91 Å². The zero-order chi connectivity index (χ0) is 31.6. The Balaban J connectivity index is 1.26. The van der Waals surface area contributed by atoms with Gasteiger partial charge in [-0.3, -0.25) is 9.59 Å². The molecule has 1 fully saturated rings. The van der Waals surface area contributed by atoms with E-state index in [1.807, 2.05) is 24.3 Å². The summed E-state index contributed by atoms with van der Waals surface area (Å²) in [6.45, 7) is 0.148. The average molecular weight is 611 g/mol. The van der Waals surface area contributed by atoms with Gasteiger partial charge < -0.3 is 20.4 Å². The lowest BCUT2D eigenvalue weighted by molar-refractivity contribution is -0.116. The van der Waals surface area contributed by atoms with Gasteiger partial charge in [0, 0.05) is 54.5 Å². The Morgan fingerprint density at radius 3 is 2.36 bits per heavy atom. The van der Waals surface area contributed by atoms with Crippen LogP contribution in [-0.2, 0) is 11.3 Å². The highest BCUT2D eigenvalue weighted by atomic mass is 19.3. The predicted octanol–water partition coefficient (Wildman–Crippen LogP) is 7.08. The molecule has 10 heteroatoms. The van der Waals surface area contributed by atoms with Gasteiger partial charge in [0.25, 0.3) is 11.8 Å². The first kappa shape index (κ1) is 29.7. The molecule has 7 nitrogen and oxygen atoms in total. The van der Waals surface area contributed by atoms with Crippen LogP contribution in [0.1, 0.15) is 34.5 Å². The molecule has 3 heterocycles. The Hall–Kier alpha value is -5.38. The molecule has 1 aliphatic heterocycles. The molecule has 0 atom stereocenters. The summed E-state index contributed by atoms with van der Waals surface area (Å²) in [4.78, 5) is 31.0. The van der Waals surface area contributed by atoms with Crippen molar-refractivity contribution in [3.63, 3.8) is 0 Å². The number of carbonyl (C=O) groups excluding carboxylic acids is 2. The van der Waals surface area contributed by atoms with Gasteiger partial charge in [-0.05, 0) is 82.4 Å². The number of hydrogen-bond acceptors (Lipinski definition) is 5. The number of pyridine rings is 1. The lowest BCUT2D eigenvalue weighted by Crippen LogP contribution is -2.42. The van der Waals surface area contributed by atoms with Crippen molar-refractivity contribution in [3.05, 3.63) is 114 Å². The summed E-state index contributed by atoms with van der Waals surface area (Å²) in [6, 6.07) is 20.4. The molecule has 2 amide bonds. The highest BCUT2D eigenvalue weighted by Gasteiger charge is 2.35. The lowest BCUT2D eigenvalue weighted by Gasteiger charge is -2.31. The van der Waals surface area contributed by atoms with E-state index in [9.17, 15) is 22.8 Å². The number of nitrogens with one attached hydrogen (secondary N) is 1. The van der Waals surface area contributed by atoms with Gasteiger partial charge in [-0.2, -0.15) is 0 Å². The smallest absolute Gasteiger partial charge is 0.253 e. The zero-order valence-corrected chi connectivity index (χ0v) is 24.1. The molecule has 2 aromatic heterocycles. The lowest BCUT2D eigenvalue weighted by atomic mass is 9.93. The van der Waals surface area contributed by atoms with Crippen LogP contribution in [0.5, 0.6) is 0 Å². The fourth-order valence-electron chi connectivity index (χ4n) is 5.35. The van der Waals surface area contributed by atoms with E-state index in [1.54, 1.807) is 54.9 Å². The molecule has 3 aromatic carbocycles. The third kappa shape index (κ3) is 6.75. The second-order valence-corrected chi connectivity index (χ2v) is 10.9. The maximum Gasteiger partial charge on any atom is 0.253 e. The van der Waals surface area contributed by atoms with Crippen molar-refractivity contribution in [3.8, 4) is 22.3 Å². The first-order chi connectivity index (χ1) is 21.6. The zero-order valence-electron chi connectivity index (χ0n) is 24.1. The van der Waals surface area contributed by atoms with E-state index >= 15 is 0 Å². The van der Waals surface area contributed by atoms with Crippen LogP contribution in [0.3, 0.4) is 0 Å². The van der Waals surface area contributed by atoms with Gasteiger partial charge in [0.1, 0.15) is 17.4 Å². The fraction of sp³-hybridized carbons (Fsp3) is 0.171. The number of rotatable bonds is 7. The molecule has 0 saturated carbocycles. The maximum absolute atomic E-state index is 13.8. The number of nitrogens with zero attached hydrogens (tertiary/aromatic N) is 2. The van der Waals surface area contributed by atoms with E-state index in [4.69, 9.17) is 10.2 Å². The third-order valence-electron chi connectivity index (χ3n) is 7.84. The minimum Gasteiger partial charge on any atom is -0.466 e. The van der Waals surface area contributed by atoms with E-state index in [1.165, 1.54) is 23.1 Å². The number of carbonyl (C=O) groups is 2. The molecular formula is C35H29F3N4O3. The van der Waals surface area contributed by atoms with Crippen LogP contribution < -0.4 is 11.1 Å². The first-order valence-corrected chi connectivity index (χ1v) is 14.4. The van der Waals surface area contributed by atoms with Gasteiger partial charge in [0.15, 0.2) is 0 Å². The van der Waals surface area contributed by atoms with Crippen LogP contribution in [0, 0.1) is 5.82 Å². The topological polar surface area (TPSA) is 101 Å². The molecule has 0 radical (unpaired) electrons. The average Bonchev–Trinajstić information content (AvgIpc) is 3.46. The Kier molecular flexibility index (Phi) is 8.12. The highest BCUT2D eigenvalue weighted by Crippen LogP contribution is 2.37. The predicted molar refractivity (Wildman–Crippen MR) is 167 cm³/mol. The first-order valence-electron chi connectivity index (χ1n) is 14.4. The molecular weight excluding hydrogens is 581 g/mol. The molecule has 1 saturated heterocycles. The number of nitrogens with two attached hydrogens (primary N) is 1. The van der Waals surface area contributed by atoms with Gasteiger partial charge in [-0.15, -0.1) is 0 Å². The third-order valence-corrected chi connectivity index (χ3v) is 7.84. The number of hydrogen-bond donors (Lipinski definition) is 2. The number of likely N-dealkylation sites (tertiary alicyclic amines) is 1. The Labute approximate surface area is 257 Å². The van der Waals surface area contributed by atoms with E-state index in [0.717, 1.165) is 38.6 Å². The molecule has 0 aliphatic carbocycles. The molecule has 0 unspecified atom stereocenters. The minimum atomic E-state index is -2.73. The van der Waals surface area contributed by atoms with Crippen molar-refractivity contribution in [2.24, 2.45) is 0 Å². The fourth-order valence-corrected chi connectivity index (χ4v) is 5.35. The number of anilines is 1. The minimum absolute atomic E-state index is 0.0188. The van der Waals surface area contributed by atoms with E-state index in [-0.39, 0.29) is 50.1 Å². The highest BCUT2D eigenvalue weighted by molar-refractivity contribution is 6.02. The normalized spacial score (nSPS) is 14.6. The quantitative estimate of drug-likeness (QED) is 0.192. The Morgan fingerprint density at radius 2 is 1.67 bits per heavy atom. The number of benzene rings is 3. The van der Waals surface area contributed by atoms with E-state index in [0.29, 0.717) is 17.1 Å². The molecule has 45 heavy (non-hydrogen) atoms. The number of halogens is 3. The summed E-state index contributed by atoms with van der Waals surface area (Å²) >= 11 is 0. The second kappa shape index (κ2) is 12.3. The van der Waals surface area contributed by atoms with Crippen molar-refractivity contribution >= 4 is 34.5 Å². The summed E-state index contributed by atoms with van der Waals surface area (Å²) in [5.41, 5.74) is 9.93. The standard InChI is InChI=1S/C35H29F3N4O3/c36-28-9-7-24(8-10-28)29-18-26(23-3-5-25(6-4-23)34(44)42-15-13-35(37,38)14-16-42)17-27-21-45-30(33(27)29)20-41-32(43)12-2-22-1-11-31(39)40-19-22/h1-12,17-19,21H,13-16,20H2,(H2,39,40)(H,41,43)/b12-2+. The number of furan rings is 1. The van der Waals surface area contributed by atoms with Crippen molar-refractivity contribution in [2.45, 2.75) is 25.3 Å². The summed E-state index contributed by atoms with van der Waals surface area (Å²) in [5, 5.41) is 4.38. The number of nitrogen functional groups attached to an aromatic ring is 1. The number of alkyl halides is 2. The van der Waals surface area contributed by atoms with Crippen LogP contribution >= 0.6 is 0 Å². The number of fused-ring (bicyclic) bond motifs is 1. The van der Waals surface area contributed by atoms with Gasteiger partial charge in [-0.1, -0.05) is 24.3 Å². The van der Waals surface area contributed by atoms with Crippen molar-refractivity contribution in [1.29, 1.82) is 0 Å². The molecule has 3 N–H and O–H groups in total. The second-order valence-electron chi connectivity index (χ2n) is 10.9. The molecule has 1 aliphatic rings. The van der Waals surface area contributed by atoms with Crippen LogP contribution in [0.25, 0.3) is 39.1 Å². The van der Waals surface area contributed by atoms with E-state index < -0.39 is 5.92 Å². The van der Waals surface area contributed by atoms with Crippen LogP contribution in [0.4, 0.5) is 19.0 Å². The summed E-state index contributed by atoms with van der Waals surface area (Å²) < 4.78 is 46.9. The Bertz CT molecular complexity index is 1870. The summed E-state index contributed by atoms with van der Waals surface area (Å²) in [7, 11) is 0. The van der Waals surface area contributed by atoms with Crippen LogP contribution in [0.15, 0.2) is 95.7 Å². The van der Waals surface area contributed by atoms with Gasteiger partial charge in [0.05, 0.1) is 12.8 Å². The molecule has 5 aromatic rings. The van der Waals surface area contributed by atoms with Gasteiger partial charge >= 0.3 is 0 Å². The van der Waals surface area contributed by atoms with Crippen LogP contribution in [-0.4, -0.2) is 40.7 Å². The molecule has 0 spiro atoms. The van der Waals surface area contributed by atoms with Crippen molar-refractivity contribution < 1.29 is 27.2 Å².